The first-order valence-corrected chi connectivity index (χ1v) is 14.1. The summed E-state index contributed by atoms with van der Waals surface area (Å²) in [5.74, 6) is 0.618. The summed E-state index contributed by atoms with van der Waals surface area (Å²) in [6.45, 7) is 0. The summed E-state index contributed by atoms with van der Waals surface area (Å²) in [4.78, 5) is 14.9. The molecule has 194 valence electrons. The van der Waals surface area contributed by atoms with Crippen LogP contribution in [0.25, 0.3) is 88.1 Å². The van der Waals surface area contributed by atoms with E-state index >= 15 is 0 Å². The molecule has 0 aliphatic rings. The van der Waals surface area contributed by atoms with Crippen molar-refractivity contribution in [3.8, 4) is 17.2 Å². The molecular formula is C37H21N5. The molecule has 5 heterocycles. The first kappa shape index (κ1) is 21.9. The van der Waals surface area contributed by atoms with Crippen LogP contribution < -0.4 is 0 Å². The SMILES string of the molecule is c1ccc(-c2nc(-n3c4ccccc4c4c5c6cccc7c8ccccc8n(c5ccc43)c76)nc3ncccc23)cc1. The van der Waals surface area contributed by atoms with Crippen LogP contribution in [-0.4, -0.2) is 23.9 Å². The minimum Gasteiger partial charge on any atom is -0.308 e. The molecule has 0 saturated heterocycles. The number of aromatic nitrogens is 5. The summed E-state index contributed by atoms with van der Waals surface area (Å²) < 4.78 is 4.64. The molecule has 0 aliphatic heterocycles. The fourth-order valence-electron chi connectivity index (χ4n) is 7.06. The zero-order chi connectivity index (χ0) is 27.4. The zero-order valence-corrected chi connectivity index (χ0v) is 22.4. The Hall–Kier alpha value is -5.81. The second-order valence-corrected chi connectivity index (χ2v) is 10.9. The van der Waals surface area contributed by atoms with Crippen LogP contribution in [0.1, 0.15) is 0 Å². The largest absolute Gasteiger partial charge is 0.308 e. The molecular weight excluding hydrogens is 514 g/mol. The van der Waals surface area contributed by atoms with Crippen molar-refractivity contribution in [2.24, 2.45) is 0 Å². The normalized spacial score (nSPS) is 12.3. The highest BCUT2D eigenvalue weighted by Gasteiger charge is 2.23. The van der Waals surface area contributed by atoms with E-state index in [-0.39, 0.29) is 0 Å². The molecule has 0 spiro atoms. The van der Waals surface area contributed by atoms with Crippen LogP contribution in [0.2, 0.25) is 0 Å². The molecule has 5 aromatic carbocycles. The van der Waals surface area contributed by atoms with E-state index in [1.54, 1.807) is 6.20 Å². The van der Waals surface area contributed by atoms with Crippen molar-refractivity contribution < 1.29 is 0 Å². The van der Waals surface area contributed by atoms with Crippen molar-refractivity contribution in [1.82, 2.24) is 23.9 Å². The number of hydrogen-bond donors (Lipinski definition) is 0. The molecule has 5 nitrogen and oxygen atoms in total. The first-order chi connectivity index (χ1) is 20.9. The average molecular weight is 536 g/mol. The van der Waals surface area contributed by atoms with Crippen LogP contribution in [0, 0.1) is 0 Å². The Morgan fingerprint density at radius 3 is 2.05 bits per heavy atom. The van der Waals surface area contributed by atoms with Gasteiger partial charge in [-0.15, -0.1) is 0 Å². The number of pyridine rings is 1. The van der Waals surface area contributed by atoms with Crippen LogP contribution in [-0.2, 0) is 0 Å². The van der Waals surface area contributed by atoms with Gasteiger partial charge in [-0.3, -0.25) is 4.57 Å². The van der Waals surface area contributed by atoms with Crippen molar-refractivity contribution >= 4 is 70.9 Å². The Bertz CT molecular complexity index is 2680. The van der Waals surface area contributed by atoms with E-state index < -0.39 is 0 Å². The van der Waals surface area contributed by atoms with E-state index in [1.165, 1.54) is 48.9 Å². The fourth-order valence-corrected chi connectivity index (χ4v) is 7.06. The van der Waals surface area contributed by atoms with Crippen molar-refractivity contribution in [1.29, 1.82) is 0 Å². The van der Waals surface area contributed by atoms with E-state index in [4.69, 9.17) is 9.97 Å². The molecule has 42 heavy (non-hydrogen) atoms. The highest BCUT2D eigenvalue weighted by molar-refractivity contribution is 6.32. The van der Waals surface area contributed by atoms with Gasteiger partial charge in [0.05, 0.1) is 33.3 Å². The van der Waals surface area contributed by atoms with Crippen molar-refractivity contribution in [3.63, 3.8) is 0 Å². The number of nitrogens with zero attached hydrogens (tertiary/aromatic N) is 5. The molecule has 0 atom stereocenters. The topological polar surface area (TPSA) is 48.0 Å². The van der Waals surface area contributed by atoms with Crippen LogP contribution >= 0.6 is 0 Å². The molecule has 0 radical (unpaired) electrons. The molecule has 10 rings (SSSR count). The molecule has 10 aromatic rings. The van der Waals surface area contributed by atoms with Gasteiger partial charge >= 0.3 is 0 Å². The maximum absolute atomic E-state index is 5.22. The number of fused-ring (bicyclic) bond motifs is 11. The van der Waals surface area contributed by atoms with E-state index in [0.29, 0.717) is 11.6 Å². The highest BCUT2D eigenvalue weighted by atomic mass is 15.2. The Morgan fingerprint density at radius 1 is 0.452 bits per heavy atom. The molecule has 5 aromatic heterocycles. The molecule has 5 heteroatoms. The molecule has 0 amide bonds. The number of rotatable bonds is 2. The fraction of sp³-hybridized carbons (Fsp3) is 0. The third-order valence-corrected chi connectivity index (χ3v) is 8.73. The van der Waals surface area contributed by atoms with Gasteiger partial charge in [0.25, 0.3) is 0 Å². The number of benzene rings is 5. The summed E-state index contributed by atoms with van der Waals surface area (Å²) >= 11 is 0. The van der Waals surface area contributed by atoms with Gasteiger partial charge in [-0.1, -0.05) is 84.9 Å². The molecule has 0 bridgehead atoms. The van der Waals surface area contributed by atoms with Gasteiger partial charge in [0.15, 0.2) is 5.65 Å². The van der Waals surface area contributed by atoms with E-state index in [0.717, 1.165) is 27.7 Å². The Labute approximate surface area is 239 Å². The lowest BCUT2D eigenvalue weighted by Gasteiger charge is -2.11. The Kier molecular flexibility index (Phi) is 4.12. The lowest BCUT2D eigenvalue weighted by molar-refractivity contribution is 1.00. The van der Waals surface area contributed by atoms with Gasteiger partial charge in [-0.2, -0.15) is 4.98 Å². The van der Waals surface area contributed by atoms with E-state index in [2.05, 4.69) is 105 Å². The molecule has 0 unspecified atom stereocenters. The summed E-state index contributed by atoms with van der Waals surface area (Å²) in [5, 5.41) is 8.43. The minimum absolute atomic E-state index is 0.618. The van der Waals surface area contributed by atoms with E-state index in [9.17, 15) is 0 Å². The monoisotopic (exact) mass is 535 g/mol. The number of hydrogen-bond acceptors (Lipinski definition) is 3. The molecule has 0 fully saturated rings. The summed E-state index contributed by atoms with van der Waals surface area (Å²) in [6, 6.07) is 42.8. The molecule has 0 saturated carbocycles. The third kappa shape index (κ3) is 2.70. The molecule has 0 N–H and O–H groups in total. The highest BCUT2D eigenvalue weighted by Crippen LogP contribution is 2.44. The second-order valence-electron chi connectivity index (χ2n) is 10.9. The minimum atomic E-state index is 0.618. The maximum Gasteiger partial charge on any atom is 0.237 e. The predicted molar refractivity (Wildman–Crippen MR) is 172 cm³/mol. The quantitative estimate of drug-likeness (QED) is 0.222. The lowest BCUT2D eigenvalue weighted by Crippen LogP contribution is -2.04. The van der Waals surface area contributed by atoms with Gasteiger partial charge in [0.1, 0.15) is 0 Å². The van der Waals surface area contributed by atoms with Crippen LogP contribution in [0.3, 0.4) is 0 Å². The van der Waals surface area contributed by atoms with Gasteiger partial charge in [-0.05, 0) is 36.4 Å². The van der Waals surface area contributed by atoms with E-state index in [1.807, 2.05) is 30.3 Å². The summed E-state index contributed by atoms with van der Waals surface area (Å²) in [6.07, 6.45) is 1.80. The summed E-state index contributed by atoms with van der Waals surface area (Å²) in [5.41, 5.74) is 8.47. The number of para-hydroxylation sites is 3. The first-order valence-electron chi connectivity index (χ1n) is 14.1. The maximum atomic E-state index is 5.22. The Balaban J connectivity index is 1.39. The van der Waals surface area contributed by atoms with Gasteiger partial charge in [-0.25, -0.2) is 9.97 Å². The Morgan fingerprint density at radius 2 is 1.14 bits per heavy atom. The van der Waals surface area contributed by atoms with Gasteiger partial charge in [0.2, 0.25) is 5.95 Å². The molecule has 0 aliphatic carbocycles. The van der Waals surface area contributed by atoms with Crippen LogP contribution in [0.5, 0.6) is 0 Å². The average Bonchev–Trinajstić information content (AvgIpc) is 3.69. The van der Waals surface area contributed by atoms with Crippen molar-refractivity contribution in [2.75, 3.05) is 0 Å². The van der Waals surface area contributed by atoms with Crippen molar-refractivity contribution in [3.05, 3.63) is 128 Å². The van der Waals surface area contributed by atoms with Crippen molar-refractivity contribution in [2.45, 2.75) is 0 Å². The lowest BCUT2D eigenvalue weighted by atomic mass is 10.0. The van der Waals surface area contributed by atoms with Gasteiger partial charge < -0.3 is 4.40 Å². The summed E-state index contributed by atoms with van der Waals surface area (Å²) in [7, 11) is 0. The zero-order valence-electron chi connectivity index (χ0n) is 22.4. The second kappa shape index (κ2) is 7.89. The standard InChI is InChI=1S/C37H21N5/c1-2-10-22(11-3-1)34-27-16-9-21-38-36(27)40-37(39-34)42-29-18-7-5-13-25(29)32-31(42)20-19-30-33(32)26-15-8-14-24-23-12-4-6-17-28(23)41(30)35(24)26/h1-21H. The smallest absolute Gasteiger partial charge is 0.237 e. The van der Waals surface area contributed by atoms with Gasteiger partial charge in [0, 0.05) is 49.5 Å². The van der Waals surface area contributed by atoms with Crippen LogP contribution in [0.4, 0.5) is 0 Å². The van der Waals surface area contributed by atoms with Crippen LogP contribution in [0.15, 0.2) is 128 Å². The predicted octanol–water partition coefficient (Wildman–Crippen LogP) is 8.94. The third-order valence-electron chi connectivity index (χ3n) is 8.73.